The molecule has 2 aromatic rings. The quantitative estimate of drug-likeness (QED) is 0.580. The number of carbonyl (C=O) groups excluding carboxylic acids is 3. The molecule has 0 saturated carbocycles. The predicted octanol–water partition coefficient (Wildman–Crippen LogP) is 2.64. The molecule has 1 atom stereocenters. The molecule has 2 heterocycles. The minimum Gasteiger partial charge on any atom is -0.424 e. The lowest BCUT2D eigenvalue weighted by atomic mass is 9.95. The van der Waals surface area contributed by atoms with Crippen molar-refractivity contribution in [2.24, 2.45) is 0 Å². The number of esters is 3. The third-order valence-corrected chi connectivity index (χ3v) is 4.73. The van der Waals surface area contributed by atoms with Crippen molar-refractivity contribution in [3.8, 4) is 11.5 Å². The fraction of sp³-hybridized carbons (Fsp3) is 0.150. The first kappa shape index (κ1) is 18.2. The van der Waals surface area contributed by atoms with Crippen LogP contribution < -0.4 is 9.47 Å². The maximum Gasteiger partial charge on any atom is 0.344 e. The van der Waals surface area contributed by atoms with Crippen molar-refractivity contribution in [2.45, 2.75) is 18.4 Å². The number of para-hydroxylation sites is 1. The molecule has 0 amide bonds. The first-order valence-corrected chi connectivity index (χ1v) is 8.70. The van der Waals surface area contributed by atoms with Crippen molar-refractivity contribution in [1.82, 2.24) is 0 Å². The molecule has 8 heteroatoms. The standard InChI is InChI=1S/C20H13ClO7/c21-16(11-5-2-1-3-6-11)18-12-7-4-8-13-17(12)28-19(24)20(25,9-14(22)26-13)10-15(23)27-18/h1-8,25H,9-10H2/b18-16+. The van der Waals surface area contributed by atoms with E-state index in [2.05, 4.69) is 0 Å². The van der Waals surface area contributed by atoms with Gasteiger partial charge >= 0.3 is 17.9 Å². The first-order valence-electron chi connectivity index (χ1n) is 8.32. The Morgan fingerprint density at radius 3 is 2.29 bits per heavy atom. The third kappa shape index (κ3) is 3.15. The average molecular weight is 401 g/mol. The summed E-state index contributed by atoms with van der Waals surface area (Å²) in [5.74, 6) is -3.27. The molecule has 0 aliphatic carbocycles. The summed E-state index contributed by atoms with van der Waals surface area (Å²) < 4.78 is 16.0. The highest BCUT2D eigenvalue weighted by molar-refractivity contribution is 6.52. The van der Waals surface area contributed by atoms with Gasteiger partial charge < -0.3 is 19.3 Å². The molecule has 0 fully saturated rings. The van der Waals surface area contributed by atoms with Crippen LogP contribution in [0.2, 0.25) is 0 Å². The molecule has 2 aromatic carbocycles. The Bertz CT molecular complexity index is 1030. The fourth-order valence-electron chi connectivity index (χ4n) is 2.99. The SMILES string of the molecule is O=C1CC2(O)CC(=O)Oc3cccc(c3OC2=O)/C(=C(\Cl)c2ccccc2)O1. The zero-order chi connectivity index (χ0) is 19.9. The van der Waals surface area contributed by atoms with Gasteiger partial charge in [0.25, 0.3) is 0 Å². The third-order valence-electron chi connectivity index (χ3n) is 4.34. The zero-order valence-corrected chi connectivity index (χ0v) is 15.1. The molecule has 2 bridgehead atoms. The van der Waals surface area contributed by atoms with Crippen molar-refractivity contribution in [3.05, 3.63) is 59.7 Å². The van der Waals surface area contributed by atoms with Gasteiger partial charge in [0, 0.05) is 0 Å². The largest absolute Gasteiger partial charge is 0.424 e. The molecule has 2 aliphatic heterocycles. The second-order valence-corrected chi connectivity index (χ2v) is 6.74. The highest BCUT2D eigenvalue weighted by Gasteiger charge is 2.47. The number of carbonyl (C=O) groups is 3. The normalized spacial score (nSPS) is 23.3. The summed E-state index contributed by atoms with van der Waals surface area (Å²) >= 11 is 6.50. The van der Waals surface area contributed by atoms with Crippen molar-refractivity contribution < 1.29 is 33.7 Å². The maximum absolute atomic E-state index is 12.5. The van der Waals surface area contributed by atoms with Gasteiger partial charge in [-0.1, -0.05) is 48.0 Å². The second kappa shape index (κ2) is 6.78. The van der Waals surface area contributed by atoms with E-state index in [1.807, 2.05) is 0 Å². The van der Waals surface area contributed by atoms with Crippen molar-refractivity contribution in [3.63, 3.8) is 0 Å². The van der Waals surface area contributed by atoms with Crippen LogP contribution in [0.25, 0.3) is 10.8 Å². The van der Waals surface area contributed by atoms with Crippen LogP contribution >= 0.6 is 11.6 Å². The molecule has 28 heavy (non-hydrogen) atoms. The predicted molar refractivity (Wildman–Crippen MR) is 97.1 cm³/mol. The van der Waals surface area contributed by atoms with E-state index in [-0.39, 0.29) is 27.9 Å². The average Bonchev–Trinajstić information content (AvgIpc) is 2.69. The summed E-state index contributed by atoms with van der Waals surface area (Å²) in [5, 5.41) is 10.7. The van der Waals surface area contributed by atoms with Crippen LogP contribution in [0, 0.1) is 0 Å². The van der Waals surface area contributed by atoms with Gasteiger partial charge in [0.05, 0.1) is 23.4 Å². The summed E-state index contributed by atoms with van der Waals surface area (Å²) in [5.41, 5.74) is -1.73. The minimum atomic E-state index is -2.41. The number of ether oxygens (including phenoxy) is 3. The number of benzene rings is 2. The van der Waals surface area contributed by atoms with Crippen LogP contribution in [0.5, 0.6) is 11.5 Å². The van der Waals surface area contributed by atoms with Gasteiger partial charge in [-0.25, -0.2) is 4.79 Å². The lowest BCUT2D eigenvalue weighted by Gasteiger charge is -2.25. The van der Waals surface area contributed by atoms with E-state index >= 15 is 0 Å². The number of cyclic esters (lactones) is 1. The first-order chi connectivity index (χ1) is 13.4. The molecular formula is C20H13ClO7. The van der Waals surface area contributed by atoms with E-state index in [0.717, 1.165) is 0 Å². The van der Waals surface area contributed by atoms with Crippen LogP contribution in [0.1, 0.15) is 24.0 Å². The minimum absolute atomic E-state index is 0.0501. The van der Waals surface area contributed by atoms with Gasteiger partial charge in [-0.05, 0) is 17.7 Å². The van der Waals surface area contributed by atoms with Crippen LogP contribution in [0.15, 0.2) is 48.5 Å². The monoisotopic (exact) mass is 400 g/mol. The van der Waals surface area contributed by atoms with Crippen molar-refractivity contribution in [1.29, 1.82) is 0 Å². The molecule has 1 unspecified atom stereocenters. The van der Waals surface area contributed by atoms with Crippen molar-refractivity contribution in [2.75, 3.05) is 0 Å². The van der Waals surface area contributed by atoms with Crippen LogP contribution in [-0.2, 0) is 19.1 Å². The van der Waals surface area contributed by atoms with Gasteiger partial charge in [-0.3, -0.25) is 9.59 Å². The Morgan fingerprint density at radius 2 is 1.57 bits per heavy atom. The van der Waals surface area contributed by atoms with Gasteiger partial charge in [-0.2, -0.15) is 0 Å². The molecular weight excluding hydrogens is 388 g/mol. The highest BCUT2D eigenvalue weighted by atomic mass is 35.5. The molecule has 1 N–H and O–H groups in total. The molecule has 7 nitrogen and oxygen atoms in total. The topological polar surface area (TPSA) is 99.1 Å². The molecule has 4 rings (SSSR count). The van der Waals surface area contributed by atoms with Crippen molar-refractivity contribution >= 4 is 40.3 Å². The Hall–Kier alpha value is -3.16. The van der Waals surface area contributed by atoms with Gasteiger partial charge in [-0.15, -0.1) is 0 Å². The number of rotatable bonds is 1. The lowest BCUT2D eigenvalue weighted by molar-refractivity contribution is -0.168. The van der Waals surface area contributed by atoms with Gasteiger partial charge in [0.1, 0.15) is 0 Å². The van der Waals surface area contributed by atoms with E-state index in [1.165, 1.54) is 18.2 Å². The van der Waals surface area contributed by atoms with Crippen LogP contribution in [-0.4, -0.2) is 28.6 Å². The summed E-state index contributed by atoms with van der Waals surface area (Å²) in [6, 6.07) is 13.2. The number of aliphatic hydroxyl groups is 1. The molecule has 0 spiro atoms. The Kier molecular flexibility index (Phi) is 4.41. The van der Waals surface area contributed by atoms with E-state index < -0.39 is 36.4 Å². The molecule has 2 aliphatic rings. The molecule has 0 aromatic heterocycles. The molecule has 142 valence electrons. The van der Waals surface area contributed by atoms with E-state index in [4.69, 9.17) is 25.8 Å². The number of halogens is 1. The highest BCUT2D eigenvalue weighted by Crippen LogP contribution is 2.43. The zero-order valence-electron chi connectivity index (χ0n) is 14.3. The Morgan fingerprint density at radius 1 is 0.893 bits per heavy atom. The van der Waals surface area contributed by atoms with E-state index in [1.54, 1.807) is 30.3 Å². The smallest absolute Gasteiger partial charge is 0.344 e. The summed E-state index contributed by atoms with van der Waals surface area (Å²) in [4.78, 5) is 37.1. The number of hydrogen-bond donors (Lipinski definition) is 1. The summed E-state index contributed by atoms with van der Waals surface area (Å²) in [7, 11) is 0. The Labute approximate surface area is 164 Å². The van der Waals surface area contributed by atoms with Crippen LogP contribution in [0.4, 0.5) is 0 Å². The lowest BCUT2D eigenvalue weighted by Crippen LogP contribution is -2.47. The van der Waals surface area contributed by atoms with E-state index in [9.17, 15) is 19.5 Å². The van der Waals surface area contributed by atoms with Crippen LogP contribution in [0.3, 0.4) is 0 Å². The van der Waals surface area contributed by atoms with Gasteiger partial charge in [0.2, 0.25) is 0 Å². The Balaban J connectivity index is 2.00. The van der Waals surface area contributed by atoms with E-state index in [0.29, 0.717) is 5.56 Å². The maximum atomic E-state index is 12.5. The number of hydrogen-bond acceptors (Lipinski definition) is 7. The fourth-order valence-corrected chi connectivity index (χ4v) is 3.26. The summed E-state index contributed by atoms with van der Waals surface area (Å²) in [6.07, 6.45) is -1.55. The second-order valence-electron chi connectivity index (χ2n) is 6.36. The summed E-state index contributed by atoms with van der Waals surface area (Å²) in [6.45, 7) is 0. The number of fused-ring (bicyclic) bond motifs is 2. The molecule has 0 saturated heterocycles. The molecule has 0 radical (unpaired) electrons. The van der Waals surface area contributed by atoms with Gasteiger partial charge in [0.15, 0.2) is 22.9 Å².